The van der Waals surface area contributed by atoms with Gasteiger partial charge in [-0.2, -0.15) is 11.8 Å². The summed E-state index contributed by atoms with van der Waals surface area (Å²) in [5.41, 5.74) is 1.44. The van der Waals surface area contributed by atoms with Gasteiger partial charge in [0.15, 0.2) is 5.11 Å². The molecule has 0 atom stereocenters. The molecule has 2 aromatic rings. The molecule has 0 aliphatic carbocycles. The van der Waals surface area contributed by atoms with Crippen LogP contribution in [0.4, 0.5) is 14.5 Å². The molecule has 0 aliphatic rings. The number of halogens is 2. The van der Waals surface area contributed by atoms with Crippen LogP contribution in [0, 0.1) is 11.6 Å². The zero-order chi connectivity index (χ0) is 15.8. The Bertz CT molecular complexity index is 618. The normalized spacial score (nSPS) is 10.3. The number of nitrogens with one attached hydrogen (secondary N) is 2. The molecule has 0 aliphatic heterocycles. The molecule has 2 nitrogen and oxygen atoms in total. The summed E-state index contributed by atoms with van der Waals surface area (Å²) in [5.74, 6) is 0.983. The van der Waals surface area contributed by atoms with Crippen molar-refractivity contribution >= 4 is 34.8 Å². The summed E-state index contributed by atoms with van der Waals surface area (Å²) in [5, 5.41) is 6.51. The highest BCUT2D eigenvalue weighted by molar-refractivity contribution is 7.98. The molecule has 0 spiro atoms. The number of benzene rings is 2. The van der Waals surface area contributed by atoms with Gasteiger partial charge in [-0.25, -0.2) is 8.78 Å². The summed E-state index contributed by atoms with van der Waals surface area (Å²) in [6.45, 7) is 0.673. The predicted molar refractivity (Wildman–Crippen MR) is 93.2 cm³/mol. The molecule has 116 valence electrons. The Kier molecular flexibility index (Phi) is 6.61. The molecule has 0 radical (unpaired) electrons. The van der Waals surface area contributed by atoms with Crippen LogP contribution in [0.3, 0.4) is 0 Å². The van der Waals surface area contributed by atoms with Gasteiger partial charge in [0, 0.05) is 23.7 Å². The zero-order valence-electron chi connectivity index (χ0n) is 11.8. The minimum atomic E-state index is -0.283. The van der Waals surface area contributed by atoms with Crippen molar-refractivity contribution in [1.29, 1.82) is 0 Å². The highest BCUT2D eigenvalue weighted by atomic mass is 32.2. The molecule has 0 heterocycles. The van der Waals surface area contributed by atoms with E-state index in [-0.39, 0.29) is 11.6 Å². The van der Waals surface area contributed by atoms with Crippen LogP contribution in [0.15, 0.2) is 48.5 Å². The lowest BCUT2D eigenvalue weighted by atomic mass is 10.2. The second kappa shape index (κ2) is 8.70. The Balaban J connectivity index is 1.63. The zero-order valence-corrected chi connectivity index (χ0v) is 13.4. The fourth-order valence-corrected chi connectivity index (χ4v) is 2.81. The number of thioether (sulfide) groups is 1. The van der Waals surface area contributed by atoms with Crippen molar-refractivity contribution in [3.63, 3.8) is 0 Å². The highest BCUT2D eigenvalue weighted by Crippen LogP contribution is 2.14. The van der Waals surface area contributed by atoms with Crippen molar-refractivity contribution in [1.82, 2.24) is 5.32 Å². The fourth-order valence-electron chi connectivity index (χ4n) is 1.74. The van der Waals surface area contributed by atoms with Crippen LogP contribution in [0.5, 0.6) is 0 Å². The predicted octanol–water partition coefficient (Wildman–Crippen LogP) is 4.18. The molecule has 2 N–H and O–H groups in total. The van der Waals surface area contributed by atoms with E-state index in [0.717, 1.165) is 11.4 Å². The van der Waals surface area contributed by atoms with E-state index >= 15 is 0 Å². The molecule has 0 fully saturated rings. The Morgan fingerprint density at radius 3 is 2.50 bits per heavy atom. The first-order valence-corrected chi connectivity index (χ1v) is 8.33. The number of rotatable bonds is 6. The summed E-state index contributed by atoms with van der Waals surface area (Å²) in [4.78, 5) is 0. The summed E-state index contributed by atoms with van der Waals surface area (Å²) in [7, 11) is 0. The Morgan fingerprint density at radius 2 is 1.77 bits per heavy atom. The van der Waals surface area contributed by atoms with Crippen LogP contribution in [0.1, 0.15) is 5.56 Å². The largest absolute Gasteiger partial charge is 0.362 e. The van der Waals surface area contributed by atoms with E-state index in [2.05, 4.69) is 10.6 Å². The summed E-state index contributed by atoms with van der Waals surface area (Å²) in [6, 6.07) is 12.8. The second-order valence-electron chi connectivity index (χ2n) is 4.53. The average molecular weight is 338 g/mol. The van der Waals surface area contributed by atoms with Crippen LogP contribution >= 0.6 is 24.0 Å². The van der Waals surface area contributed by atoms with Crippen LogP contribution in [0.2, 0.25) is 0 Å². The third kappa shape index (κ3) is 5.61. The first kappa shape index (κ1) is 16.7. The van der Waals surface area contributed by atoms with Crippen molar-refractivity contribution in [3.8, 4) is 0 Å². The van der Waals surface area contributed by atoms with Gasteiger partial charge in [-0.1, -0.05) is 18.2 Å². The Morgan fingerprint density at radius 1 is 1.05 bits per heavy atom. The summed E-state index contributed by atoms with van der Waals surface area (Å²) in [6.07, 6.45) is 0. The molecule has 2 aromatic carbocycles. The molecule has 0 saturated carbocycles. The smallest absolute Gasteiger partial charge is 0.170 e. The Labute approximate surface area is 138 Å². The minimum absolute atomic E-state index is 0.170. The van der Waals surface area contributed by atoms with Crippen molar-refractivity contribution in [2.45, 2.75) is 5.75 Å². The fraction of sp³-hybridized carbons (Fsp3) is 0.188. The van der Waals surface area contributed by atoms with E-state index < -0.39 is 0 Å². The maximum atomic E-state index is 13.4. The SMILES string of the molecule is Fc1ccc(NC(=S)NCCSCc2ccccc2F)cc1. The van der Waals surface area contributed by atoms with Crippen molar-refractivity contribution in [2.75, 3.05) is 17.6 Å². The first-order chi connectivity index (χ1) is 10.6. The van der Waals surface area contributed by atoms with Gasteiger partial charge < -0.3 is 10.6 Å². The van der Waals surface area contributed by atoms with Crippen molar-refractivity contribution in [3.05, 3.63) is 65.7 Å². The second-order valence-corrected chi connectivity index (χ2v) is 6.05. The number of hydrogen-bond acceptors (Lipinski definition) is 2. The third-order valence-electron chi connectivity index (χ3n) is 2.85. The van der Waals surface area contributed by atoms with E-state index in [1.165, 1.54) is 18.2 Å². The first-order valence-electron chi connectivity index (χ1n) is 6.77. The van der Waals surface area contributed by atoms with Crippen LogP contribution in [0.25, 0.3) is 0 Å². The number of thiocarbonyl (C=S) groups is 1. The standard InChI is InChI=1S/C16H16F2N2S2/c17-13-5-7-14(8-6-13)20-16(21)19-9-10-22-11-12-3-1-2-4-15(12)18/h1-8H,9-11H2,(H2,19,20,21). The van der Waals surface area contributed by atoms with E-state index in [0.29, 0.717) is 23.0 Å². The molecule has 6 heteroatoms. The molecule has 0 saturated heterocycles. The number of anilines is 1. The summed E-state index contributed by atoms with van der Waals surface area (Å²) >= 11 is 6.78. The van der Waals surface area contributed by atoms with Gasteiger partial charge in [0.05, 0.1) is 0 Å². The minimum Gasteiger partial charge on any atom is -0.362 e. The van der Waals surface area contributed by atoms with Gasteiger partial charge in [-0.05, 0) is 48.1 Å². The van der Waals surface area contributed by atoms with Gasteiger partial charge in [-0.15, -0.1) is 0 Å². The molecule has 0 aromatic heterocycles. The Hall–Kier alpha value is -1.66. The van der Waals surface area contributed by atoms with Gasteiger partial charge in [0.2, 0.25) is 0 Å². The molecular weight excluding hydrogens is 322 g/mol. The number of hydrogen-bond donors (Lipinski definition) is 2. The maximum absolute atomic E-state index is 13.4. The van der Waals surface area contributed by atoms with Gasteiger partial charge in [-0.3, -0.25) is 0 Å². The summed E-state index contributed by atoms with van der Waals surface area (Å²) < 4.78 is 26.2. The highest BCUT2D eigenvalue weighted by Gasteiger charge is 2.01. The van der Waals surface area contributed by atoms with E-state index in [4.69, 9.17) is 12.2 Å². The molecule has 22 heavy (non-hydrogen) atoms. The molecule has 0 bridgehead atoms. The van der Waals surface area contributed by atoms with Crippen LogP contribution < -0.4 is 10.6 Å². The van der Waals surface area contributed by atoms with Gasteiger partial charge >= 0.3 is 0 Å². The molecular formula is C16H16F2N2S2. The van der Waals surface area contributed by atoms with E-state index in [1.807, 2.05) is 6.07 Å². The van der Waals surface area contributed by atoms with Crippen molar-refractivity contribution in [2.24, 2.45) is 0 Å². The van der Waals surface area contributed by atoms with Crippen LogP contribution in [-0.4, -0.2) is 17.4 Å². The lowest BCUT2D eigenvalue weighted by Gasteiger charge is -2.10. The van der Waals surface area contributed by atoms with Gasteiger partial charge in [0.25, 0.3) is 0 Å². The third-order valence-corrected chi connectivity index (χ3v) is 4.10. The topological polar surface area (TPSA) is 24.1 Å². The van der Waals surface area contributed by atoms with Gasteiger partial charge in [0.1, 0.15) is 11.6 Å². The quantitative estimate of drug-likeness (QED) is 0.609. The molecule has 2 rings (SSSR count). The van der Waals surface area contributed by atoms with E-state index in [9.17, 15) is 8.78 Å². The van der Waals surface area contributed by atoms with E-state index in [1.54, 1.807) is 36.0 Å². The van der Waals surface area contributed by atoms with Crippen molar-refractivity contribution < 1.29 is 8.78 Å². The molecule has 0 amide bonds. The maximum Gasteiger partial charge on any atom is 0.170 e. The lowest BCUT2D eigenvalue weighted by Crippen LogP contribution is -2.30. The molecule has 0 unspecified atom stereocenters. The average Bonchev–Trinajstić information content (AvgIpc) is 2.51. The monoisotopic (exact) mass is 338 g/mol. The van der Waals surface area contributed by atoms with Crippen LogP contribution in [-0.2, 0) is 5.75 Å². The lowest BCUT2D eigenvalue weighted by molar-refractivity contribution is 0.617.